The second-order valence-electron chi connectivity index (χ2n) is 23.9. The lowest BCUT2D eigenvalue weighted by Gasteiger charge is -2.64. The topological polar surface area (TPSA) is 6.48 Å². The maximum atomic E-state index is 3.39. The van der Waals surface area contributed by atoms with Crippen molar-refractivity contribution in [3.63, 3.8) is 0 Å². The maximum absolute atomic E-state index is 3.39. The van der Waals surface area contributed by atoms with Crippen molar-refractivity contribution < 1.29 is 0 Å². The van der Waals surface area contributed by atoms with Crippen LogP contribution < -0.4 is 0 Å². The molecule has 8 unspecified atom stereocenters. The van der Waals surface area contributed by atoms with E-state index in [1.165, 1.54) is 103 Å². The van der Waals surface area contributed by atoms with Crippen molar-refractivity contribution in [3.8, 4) is 0 Å². The molecule has 8 fully saturated rings. The molecular formula is C50H88N2. The van der Waals surface area contributed by atoms with Crippen LogP contribution in [0.25, 0.3) is 0 Å². The average Bonchev–Trinajstić information content (AvgIpc) is 3.13. The lowest BCUT2D eigenvalue weighted by molar-refractivity contribution is -0.150. The number of rotatable bonds is 6. The Labute approximate surface area is 324 Å². The quantitative estimate of drug-likeness (QED) is 0.270. The van der Waals surface area contributed by atoms with Crippen LogP contribution in [0.2, 0.25) is 0 Å². The van der Waals surface area contributed by atoms with E-state index in [2.05, 4.69) is 65.2 Å². The van der Waals surface area contributed by atoms with Gasteiger partial charge in [-0.2, -0.15) is 0 Å². The molecule has 298 valence electrons. The van der Waals surface area contributed by atoms with Crippen LogP contribution in [0, 0.1) is 70.0 Å². The molecule has 2 heteroatoms. The molecule has 8 saturated carbocycles. The van der Waals surface area contributed by atoms with E-state index in [0.717, 1.165) is 95.4 Å². The highest BCUT2D eigenvalue weighted by atomic mass is 15.2. The SMILES string of the molecule is CC1CCC(N(C2CCC(C(C)(C)C)CC2)C2CCC3CCC4C5C(CCC2C35)CCC4N(C2CCC(C)CC2)C2CCC(C(C)(C)C)CC2)CC1. The minimum atomic E-state index is 0.483. The highest BCUT2D eigenvalue weighted by Gasteiger charge is 2.58. The molecule has 8 aliphatic rings. The highest BCUT2D eigenvalue weighted by molar-refractivity contribution is 5.10. The maximum Gasteiger partial charge on any atom is 0.0132 e. The molecule has 52 heavy (non-hydrogen) atoms. The Morgan fingerprint density at radius 2 is 0.615 bits per heavy atom. The molecule has 0 aromatic carbocycles. The Kier molecular flexibility index (Phi) is 11.7. The lowest BCUT2D eigenvalue weighted by atomic mass is 9.46. The third-order valence-corrected chi connectivity index (χ3v) is 19.2. The molecule has 0 N–H and O–H groups in total. The van der Waals surface area contributed by atoms with E-state index in [1.54, 1.807) is 51.4 Å². The van der Waals surface area contributed by atoms with Gasteiger partial charge in [-0.15, -0.1) is 0 Å². The second kappa shape index (κ2) is 15.7. The first kappa shape index (κ1) is 38.8. The van der Waals surface area contributed by atoms with E-state index in [-0.39, 0.29) is 0 Å². The molecular weight excluding hydrogens is 629 g/mol. The van der Waals surface area contributed by atoms with Gasteiger partial charge in [-0.25, -0.2) is 0 Å². The van der Waals surface area contributed by atoms with E-state index in [9.17, 15) is 0 Å². The molecule has 0 aromatic rings. The third-order valence-electron chi connectivity index (χ3n) is 19.2. The van der Waals surface area contributed by atoms with Gasteiger partial charge in [0.25, 0.3) is 0 Å². The summed E-state index contributed by atoms with van der Waals surface area (Å²) in [6, 6.07) is 5.33. The molecule has 0 heterocycles. The predicted octanol–water partition coefficient (Wildman–Crippen LogP) is 13.6. The summed E-state index contributed by atoms with van der Waals surface area (Å²) in [7, 11) is 0. The zero-order chi connectivity index (χ0) is 36.4. The van der Waals surface area contributed by atoms with Gasteiger partial charge < -0.3 is 0 Å². The van der Waals surface area contributed by atoms with Gasteiger partial charge in [0.15, 0.2) is 0 Å². The van der Waals surface area contributed by atoms with E-state index in [0.29, 0.717) is 10.8 Å². The van der Waals surface area contributed by atoms with Crippen LogP contribution in [-0.4, -0.2) is 46.1 Å². The monoisotopic (exact) mass is 717 g/mol. The van der Waals surface area contributed by atoms with Crippen molar-refractivity contribution in [2.45, 2.75) is 246 Å². The standard InChI is InChI=1S/C50H88N2/c1-33-9-21-39(22-10-33)51(41-25-17-37(18-26-41)49(3,4)5)45-31-15-35-14-30-44-46(32-16-36-13-29-43(45)47(35)48(36)44)52(40-23-11-34(2)12-24-40)42-27-19-38(20-28-42)50(6,7)8/h33-48H,9-32H2,1-8H3. The molecule has 0 bridgehead atoms. The van der Waals surface area contributed by atoms with Crippen LogP contribution in [0.4, 0.5) is 0 Å². The van der Waals surface area contributed by atoms with Crippen LogP contribution >= 0.6 is 0 Å². The minimum absolute atomic E-state index is 0.483. The smallest absolute Gasteiger partial charge is 0.0132 e. The van der Waals surface area contributed by atoms with Gasteiger partial charge >= 0.3 is 0 Å². The fraction of sp³-hybridized carbons (Fsp3) is 1.00. The summed E-state index contributed by atoms with van der Waals surface area (Å²) >= 11 is 0. The first-order valence-corrected chi connectivity index (χ1v) is 24.4. The Morgan fingerprint density at radius 1 is 0.327 bits per heavy atom. The predicted molar refractivity (Wildman–Crippen MR) is 222 cm³/mol. The molecule has 8 aliphatic carbocycles. The fourth-order valence-corrected chi connectivity index (χ4v) is 16.2. The molecule has 0 aliphatic heterocycles. The lowest BCUT2D eigenvalue weighted by Crippen LogP contribution is -2.64. The summed E-state index contributed by atoms with van der Waals surface area (Å²) in [5.41, 5.74) is 0.966. The van der Waals surface area contributed by atoms with Crippen LogP contribution in [0.1, 0.15) is 209 Å². The second-order valence-corrected chi connectivity index (χ2v) is 23.9. The zero-order valence-corrected chi connectivity index (χ0v) is 36.1. The summed E-state index contributed by atoms with van der Waals surface area (Å²) in [4.78, 5) is 6.78. The van der Waals surface area contributed by atoms with Crippen LogP contribution in [0.3, 0.4) is 0 Å². The van der Waals surface area contributed by atoms with Crippen molar-refractivity contribution in [1.82, 2.24) is 9.80 Å². The normalized spacial score (nSPS) is 47.7. The molecule has 8 rings (SSSR count). The number of nitrogens with zero attached hydrogens (tertiary/aromatic N) is 2. The Hall–Kier alpha value is -0.0800. The fourth-order valence-electron chi connectivity index (χ4n) is 16.2. The summed E-state index contributed by atoms with van der Waals surface area (Å²) in [5.74, 6) is 10.0. The molecule has 8 atom stereocenters. The first-order valence-electron chi connectivity index (χ1n) is 24.4. The van der Waals surface area contributed by atoms with Crippen LogP contribution in [-0.2, 0) is 0 Å². The molecule has 2 nitrogen and oxygen atoms in total. The number of hydrogen-bond donors (Lipinski definition) is 0. The summed E-state index contributed by atoms with van der Waals surface area (Å²) in [6.45, 7) is 20.3. The van der Waals surface area contributed by atoms with E-state index in [4.69, 9.17) is 0 Å². The molecule has 0 amide bonds. The van der Waals surface area contributed by atoms with Crippen molar-refractivity contribution >= 4 is 0 Å². The van der Waals surface area contributed by atoms with Gasteiger partial charge in [-0.05, 0) is 224 Å². The van der Waals surface area contributed by atoms with E-state index < -0.39 is 0 Å². The minimum Gasteiger partial charge on any atom is -0.294 e. The van der Waals surface area contributed by atoms with Gasteiger partial charge in [0.1, 0.15) is 0 Å². The average molecular weight is 717 g/mol. The van der Waals surface area contributed by atoms with Gasteiger partial charge in [-0.3, -0.25) is 9.80 Å². The largest absolute Gasteiger partial charge is 0.294 e. The molecule has 0 radical (unpaired) electrons. The molecule has 0 saturated heterocycles. The number of hydrogen-bond acceptors (Lipinski definition) is 2. The summed E-state index contributed by atoms with van der Waals surface area (Å²) in [6.07, 6.45) is 36.5. The van der Waals surface area contributed by atoms with Crippen molar-refractivity contribution in [2.75, 3.05) is 0 Å². The summed E-state index contributed by atoms with van der Waals surface area (Å²) in [5, 5.41) is 0. The van der Waals surface area contributed by atoms with Gasteiger partial charge in [0.05, 0.1) is 0 Å². The van der Waals surface area contributed by atoms with Crippen molar-refractivity contribution in [3.05, 3.63) is 0 Å². The summed E-state index contributed by atoms with van der Waals surface area (Å²) < 4.78 is 0. The van der Waals surface area contributed by atoms with Crippen molar-refractivity contribution in [2.24, 2.45) is 70.0 Å². The van der Waals surface area contributed by atoms with Crippen LogP contribution in [0.5, 0.6) is 0 Å². The van der Waals surface area contributed by atoms with Crippen LogP contribution in [0.15, 0.2) is 0 Å². The first-order chi connectivity index (χ1) is 24.9. The van der Waals surface area contributed by atoms with Crippen molar-refractivity contribution in [1.29, 1.82) is 0 Å². The third kappa shape index (κ3) is 7.78. The molecule has 0 spiro atoms. The Balaban J connectivity index is 1.05. The Bertz CT molecular complexity index is 1040. The van der Waals surface area contributed by atoms with Gasteiger partial charge in [0.2, 0.25) is 0 Å². The Morgan fingerprint density at radius 3 is 0.923 bits per heavy atom. The molecule has 0 aromatic heterocycles. The van der Waals surface area contributed by atoms with Gasteiger partial charge in [0, 0.05) is 36.3 Å². The van der Waals surface area contributed by atoms with Gasteiger partial charge in [-0.1, -0.05) is 55.4 Å². The van der Waals surface area contributed by atoms with E-state index in [1.807, 2.05) is 0 Å². The zero-order valence-electron chi connectivity index (χ0n) is 36.1. The highest BCUT2D eigenvalue weighted by Crippen LogP contribution is 2.62. The van der Waals surface area contributed by atoms with E-state index >= 15 is 0 Å².